The highest BCUT2D eigenvalue weighted by molar-refractivity contribution is 7.91. The Morgan fingerprint density at radius 1 is 1.20 bits per heavy atom. The first-order chi connectivity index (χ1) is 18.8. The number of aromatic amines is 1. The summed E-state index contributed by atoms with van der Waals surface area (Å²) in [6.07, 6.45) is 8.45. The lowest BCUT2D eigenvalue weighted by Crippen LogP contribution is -2.46. The van der Waals surface area contributed by atoms with Crippen LogP contribution in [0.3, 0.4) is 0 Å². The van der Waals surface area contributed by atoms with E-state index in [1.54, 1.807) is 26.2 Å². The Balaban J connectivity index is 1.44. The lowest BCUT2D eigenvalue weighted by Gasteiger charge is -2.38. The minimum absolute atomic E-state index is 0.000874. The number of sulfone groups is 1. The summed E-state index contributed by atoms with van der Waals surface area (Å²) >= 11 is 0. The summed E-state index contributed by atoms with van der Waals surface area (Å²) in [7, 11) is -3.76. The van der Waals surface area contributed by atoms with E-state index in [1.165, 1.54) is 10.8 Å². The molecule has 4 aromatic heterocycles. The molecule has 0 saturated carbocycles. The van der Waals surface area contributed by atoms with Crippen LogP contribution in [0.4, 0.5) is 5.82 Å². The molecule has 13 nitrogen and oxygen atoms in total. The average molecular weight is 566 g/mol. The molecule has 0 aliphatic carbocycles. The smallest absolute Gasteiger partial charge is 0.292 e. The number of aliphatic hydroxyl groups is 1. The summed E-state index contributed by atoms with van der Waals surface area (Å²) < 4.78 is 27.4. The molecular formula is C26H31N9O4S. The summed E-state index contributed by atoms with van der Waals surface area (Å²) in [5.74, 6) is -0.239. The summed E-state index contributed by atoms with van der Waals surface area (Å²) in [5, 5.41) is 22.4. The van der Waals surface area contributed by atoms with Crippen LogP contribution in [0.25, 0.3) is 16.8 Å². The van der Waals surface area contributed by atoms with E-state index in [-0.39, 0.29) is 40.4 Å². The highest BCUT2D eigenvalue weighted by atomic mass is 32.2. The lowest BCUT2D eigenvalue weighted by atomic mass is 9.87. The molecule has 14 heteroatoms. The van der Waals surface area contributed by atoms with Gasteiger partial charge in [0.05, 0.1) is 17.6 Å². The van der Waals surface area contributed by atoms with Gasteiger partial charge in [-0.1, -0.05) is 0 Å². The van der Waals surface area contributed by atoms with Gasteiger partial charge in [-0.25, -0.2) is 13.4 Å². The van der Waals surface area contributed by atoms with Crippen LogP contribution >= 0.6 is 0 Å². The van der Waals surface area contributed by atoms with Crippen molar-refractivity contribution >= 4 is 27.2 Å². The maximum absolute atomic E-state index is 13.1. The second-order valence-electron chi connectivity index (χ2n) is 11.3. The zero-order valence-corrected chi connectivity index (χ0v) is 23.5. The van der Waals surface area contributed by atoms with Gasteiger partial charge in [-0.15, -0.1) is 10.2 Å². The van der Waals surface area contributed by atoms with Crippen LogP contribution in [0.15, 0.2) is 29.7 Å². The number of nitrogen functional groups attached to an aromatic ring is 1. The van der Waals surface area contributed by atoms with E-state index in [2.05, 4.69) is 25.3 Å². The Labute approximate surface area is 230 Å². The van der Waals surface area contributed by atoms with Crippen LogP contribution in [0.1, 0.15) is 73.0 Å². The monoisotopic (exact) mass is 565 g/mol. The van der Waals surface area contributed by atoms with Crippen LogP contribution in [0.2, 0.25) is 0 Å². The molecule has 4 aromatic rings. The van der Waals surface area contributed by atoms with Crippen molar-refractivity contribution in [1.29, 1.82) is 0 Å². The molecular weight excluding hydrogens is 534 g/mol. The van der Waals surface area contributed by atoms with Gasteiger partial charge >= 0.3 is 0 Å². The molecule has 4 N–H and O–H groups in total. The maximum Gasteiger partial charge on any atom is 0.292 e. The summed E-state index contributed by atoms with van der Waals surface area (Å²) in [5.41, 5.74) is 8.92. The summed E-state index contributed by atoms with van der Waals surface area (Å²) in [6, 6.07) is 1.73. The van der Waals surface area contributed by atoms with E-state index in [0.29, 0.717) is 35.4 Å². The third-order valence-electron chi connectivity index (χ3n) is 7.98. The van der Waals surface area contributed by atoms with Crippen LogP contribution in [0.5, 0.6) is 0 Å². The number of hydrogen-bond acceptors (Lipinski definition) is 10. The number of amides is 1. The predicted molar refractivity (Wildman–Crippen MR) is 145 cm³/mol. The van der Waals surface area contributed by atoms with Crippen LogP contribution in [-0.2, 0) is 15.4 Å². The minimum atomic E-state index is -3.76. The topological polar surface area (TPSA) is 185 Å². The molecule has 0 unspecified atom stereocenters. The fourth-order valence-corrected chi connectivity index (χ4v) is 7.46. The van der Waals surface area contributed by atoms with Crippen molar-refractivity contribution in [2.45, 2.75) is 75.0 Å². The molecule has 2 aliphatic heterocycles. The third kappa shape index (κ3) is 4.22. The number of aryl methyl sites for hydroxylation is 1. The third-order valence-corrected chi connectivity index (χ3v) is 9.14. The number of nitrogens with two attached hydrogens (primary N) is 1. The normalized spacial score (nSPS) is 21.3. The summed E-state index contributed by atoms with van der Waals surface area (Å²) in [4.78, 5) is 27.1. The van der Waals surface area contributed by atoms with Gasteiger partial charge in [-0.05, 0) is 58.1 Å². The van der Waals surface area contributed by atoms with E-state index in [0.717, 1.165) is 30.2 Å². The first-order valence-electron chi connectivity index (χ1n) is 13.1. The zero-order chi connectivity index (χ0) is 28.6. The standard InChI is InChI=1S/C26H31N9O4S/c1-13-7-15(10-28-21(13)26(2,3)37)18-11-31-35-22(27)20(40(4,38)39)19(32-24(18)35)14-8-16-5-6-17(9-14)34(16)25(36)23-29-12-30-33-23/h7,10-12,14,16-17,37H,5-6,8-9,27H2,1-4H3,(H,29,30,33)/t14-,16-,17+. The Morgan fingerprint density at radius 3 is 2.48 bits per heavy atom. The van der Waals surface area contributed by atoms with Gasteiger partial charge in [0, 0.05) is 41.6 Å². The molecule has 0 aromatic carbocycles. The number of nitrogens with one attached hydrogen (secondary N) is 1. The number of fused-ring (bicyclic) bond motifs is 3. The van der Waals surface area contributed by atoms with Crippen molar-refractivity contribution in [3.05, 3.63) is 47.6 Å². The number of H-pyrrole nitrogens is 1. The molecule has 6 rings (SSSR count). The van der Waals surface area contributed by atoms with Crippen molar-refractivity contribution in [3.8, 4) is 11.1 Å². The van der Waals surface area contributed by atoms with Crippen LogP contribution in [-0.4, -0.2) is 77.4 Å². The van der Waals surface area contributed by atoms with Gasteiger partial charge in [-0.2, -0.15) is 9.61 Å². The Hall–Kier alpha value is -3.91. The van der Waals surface area contributed by atoms with Gasteiger partial charge in [0.1, 0.15) is 22.6 Å². The van der Waals surface area contributed by atoms with E-state index >= 15 is 0 Å². The second kappa shape index (κ2) is 9.06. The average Bonchev–Trinajstić information content (AvgIpc) is 3.60. The van der Waals surface area contributed by atoms with E-state index in [1.807, 2.05) is 17.9 Å². The van der Waals surface area contributed by atoms with E-state index in [4.69, 9.17) is 10.7 Å². The number of piperidine rings is 1. The first-order valence-corrected chi connectivity index (χ1v) is 15.0. The molecule has 0 spiro atoms. The first kappa shape index (κ1) is 26.3. The molecule has 2 bridgehead atoms. The van der Waals surface area contributed by atoms with Crippen LogP contribution < -0.4 is 5.73 Å². The van der Waals surface area contributed by atoms with E-state index in [9.17, 15) is 18.3 Å². The number of pyridine rings is 1. The second-order valence-corrected chi connectivity index (χ2v) is 13.3. The summed E-state index contributed by atoms with van der Waals surface area (Å²) in [6.45, 7) is 5.22. The van der Waals surface area contributed by atoms with Crippen molar-refractivity contribution in [1.82, 2.24) is 39.7 Å². The van der Waals surface area contributed by atoms with Gasteiger partial charge < -0.3 is 20.7 Å². The van der Waals surface area contributed by atoms with Crippen molar-refractivity contribution in [2.24, 2.45) is 0 Å². The number of hydrogen-bond donors (Lipinski definition) is 3. The molecule has 0 radical (unpaired) electrons. The Kier molecular flexibility index (Phi) is 5.96. The molecule has 2 saturated heterocycles. The molecule has 3 atom stereocenters. The van der Waals surface area contributed by atoms with Crippen molar-refractivity contribution in [2.75, 3.05) is 12.0 Å². The molecule has 1 amide bonds. The highest BCUT2D eigenvalue weighted by Gasteiger charge is 2.46. The number of aromatic nitrogens is 7. The zero-order valence-electron chi connectivity index (χ0n) is 22.7. The largest absolute Gasteiger partial charge is 0.384 e. The molecule has 6 heterocycles. The van der Waals surface area contributed by atoms with Crippen molar-refractivity contribution in [3.63, 3.8) is 0 Å². The number of rotatable bonds is 5. The van der Waals surface area contributed by atoms with Gasteiger partial charge in [-0.3, -0.25) is 9.78 Å². The van der Waals surface area contributed by atoms with Gasteiger partial charge in [0.2, 0.25) is 5.82 Å². The fraction of sp³-hybridized carbons (Fsp3) is 0.462. The van der Waals surface area contributed by atoms with Crippen LogP contribution in [0, 0.1) is 6.92 Å². The SMILES string of the molecule is Cc1cc(-c2cnn3c(N)c(S(C)(=O)=O)c([C@@H]4C[C@H]5CC[C@@H](C4)N5C(=O)c4nnc[nH]4)nc23)cnc1C(C)(C)O. The minimum Gasteiger partial charge on any atom is -0.384 e. The Bertz CT molecular complexity index is 1730. The molecule has 2 fully saturated rings. The lowest BCUT2D eigenvalue weighted by molar-refractivity contribution is 0.0556. The molecule has 40 heavy (non-hydrogen) atoms. The molecule has 2 aliphatic rings. The number of carbonyl (C=O) groups is 1. The number of anilines is 1. The predicted octanol–water partition coefficient (Wildman–Crippen LogP) is 1.98. The Morgan fingerprint density at radius 2 is 1.90 bits per heavy atom. The quantitative estimate of drug-likeness (QED) is 0.323. The van der Waals surface area contributed by atoms with Gasteiger partial charge in [0.25, 0.3) is 5.91 Å². The van der Waals surface area contributed by atoms with Gasteiger partial charge in [0.15, 0.2) is 15.5 Å². The number of nitrogens with zero attached hydrogens (tertiary/aromatic N) is 7. The molecule has 210 valence electrons. The van der Waals surface area contributed by atoms with Crippen molar-refractivity contribution < 1.29 is 18.3 Å². The van der Waals surface area contributed by atoms with E-state index < -0.39 is 15.4 Å². The highest BCUT2D eigenvalue weighted by Crippen LogP contribution is 2.45. The number of carbonyl (C=O) groups excluding carboxylic acids is 1. The maximum atomic E-state index is 13.1. The fourth-order valence-electron chi connectivity index (χ4n) is 6.41.